The lowest BCUT2D eigenvalue weighted by atomic mass is 9.96. The monoisotopic (exact) mass is 458 g/mol. The molecule has 1 heterocycles. The minimum Gasteiger partial charge on any atom is -0.406 e. The van der Waals surface area contributed by atoms with Gasteiger partial charge in [-0.25, -0.2) is 4.79 Å². The summed E-state index contributed by atoms with van der Waals surface area (Å²) in [6, 6.07) is 4.49. The highest BCUT2D eigenvalue weighted by Crippen LogP contribution is 2.26. The number of amides is 3. The van der Waals surface area contributed by atoms with Gasteiger partial charge < -0.3 is 10.1 Å². The van der Waals surface area contributed by atoms with Gasteiger partial charge in [-0.3, -0.25) is 10.1 Å². The number of hydrogen-bond donors (Lipinski definition) is 2. The smallest absolute Gasteiger partial charge is 0.406 e. The molecule has 3 rings (SSSR count). The van der Waals surface area contributed by atoms with E-state index in [9.17, 15) is 22.8 Å². The van der Waals surface area contributed by atoms with Crippen molar-refractivity contribution in [2.45, 2.75) is 61.8 Å². The standard InChI is InChI=1S/C18H21F3N6O3S/c1-11(15(28)23-16(29)22-12-5-3-2-4-6-12)31-17-24-25-26-27(17)13-7-9-14(10-8-13)30-18(19,20)21/h7-12H,2-6H2,1H3,(H2,22,23,28,29). The number of nitrogens with one attached hydrogen (secondary N) is 2. The van der Waals surface area contributed by atoms with E-state index in [2.05, 4.69) is 30.9 Å². The molecule has 1 unspecified atom stereocenters. The number of rotatable bonds is 6. The molecule has 2 N–H and O–H groups in total. The number of thioether (sulfide) groups is 1. The summed E-state index contributed by atoms with van der Waals surface area (Å²) < 4.78 is 42.0. The summed E-state index contributed by atoms with van der Waals surface area (Å²) in [6.45, 7) is 1.59. The van der Waals surface area contributed by atoms with E-state index in [1.165, 1.54) is 16.8 Å². The molecule has 31 heavy (non-hydrogen) atoms. The molecular weight excluding hydrogens is 437 g/mol. The Balaban J connectivity index is 1.57. The first-order valence-corrected chi connectivity index (χ1v) is 10.5. The van der Waals surface area contributed by atoms with Crippen molar-refractivity contribution < 1.29 is 27.5 Å². The van der Waals surface area contributed by atoms with Crippen molar-refractivity contribution in [1.29, 1.82) is 0 Å². The van der Waals surface area contributed by atoms with Crippen LogP contribution in [-0.4, -0.2) is 49.8 Å². The van der Waals surface area contributed by atoms with Crippen LogP contribution in [0.3, 0.4) is 0 Å². The maximum atomic E-state index is 12.4. The van der Waals surface area contributed by atoms with Gasteiger partial charge in [-0.05, 0) is 54.5 Å². The van der Waals surface area contributed by atoms with Crippen LogP contribution in [0.25, 0.3) is 5.69 Å². The van der Waals surface area contributed by atoms with E-state index in [1.54, 1.807) is 6.92 Å². The zero-order valence-electron chi connectivity index (χ0n) is 16.6. The molecule has 2 aromatic rings. The first kappa shape index (κ1) is 22.8. The van der Waals surface area contributed by atoms with Crippen molar-refractivity contribution in [1.82, 2.24) is 30.8 Å². The minimum absolute atomic E-state index is 0.0705. The van der Waals surface area contributed by atoms with Crippen molar-refractivity contribution in [3.05, 3.63) is 24.3 Å². The van der Waals surface area contributed by atoms with Gasteiger partial charge in [0.25, 0.3) is 0 Å². The summed E-state index contributed by atoms with van der Waals surface area (Å²) in [5.74, 6) is -0.892. The molecule has 0 bridgehead atoms. The summed E-state index contributed by atoms with van der Waals surface area (Å²) >= 11 is 1.01. The van der Waals surface area contributed by atoms with Gasteiger partial charge in [0.05, 0.1) is 10.9 Å². The fourth-order valence-corrected chi connectivity index (χ4v) is 3.90. The topological polar surface area (TPSA) is 111 Å². The lowest BCUT2D eigenvalue weighted by Crippen LogP contribution is -2.47. The number of aromatic nitrogens is 4. The fourth-order valence-electron chi connectivity index (χ4n) is 3.10. The number of tetrazole rings is 1. The Morgan fingerprint density at radius 2 is 1.87 bits per heavy atom. The predicted octanol–water partition coefficient (Wildman–Crippen LogP) is 3.20. The SMILES string of the molecule is CC(Sc1nnnn1-c1ccc(OC(F)(F)F)cc1)C(=O)NC(=O)NC1CCCCC1. The van der Waals surface area contributed by atoms with Gasteiger partial charge in [0.2, 0.25) is 11.1 Å². The van der Waals surface area contributed by atoms with Crippen LogP contribution in [0.5, 0.6) is 5.75 Å². The molecule has 1 atom stereocenters. The number of imide groups is 1. The van der Waals surface area contributed by atoms with Gasteiger partial charge in [0.1, 0.15) is 5.75 Å². The van der Waals surface area contributed by atoms with E-state index in [-0.39, 0.29) is 16.9 Å². The normalized spacial score (nSPS) is 15.9. The maximum Gasteiger partial charge on any atom is 0.573 e. The number of halogens is 3. The van der Waals surface area contributed by atoms with Crippen molar-refractivity contribution >= 4 is 23.7 Å². The van der Waals surface area contributed by atoms with Gasteiger partial charge in [0, 0.05) is 6.04 Å². The van der Waals surface area contributed by atoms with Crippen LogP contribution in [0, 0.1) is 0 Å². The molecule has 13 heteroatoms. The Kier molecular flexibility index (Phi) is 7.36. The molecule has 1 aromatic heterocycles. The Bertz CT molecular complexity index is 900. The van der Waals surface area contributed by atoms with Gasteiger partial charge in [0.15, 0.2) is 0 Å². The molecule has 168 valence electrons. The van der Waals surface area contributed by atoms with Gasteiger partial charge >= 0.3 is 12.4 Å². The number of urea groups is 1. The lowest BCUT2D eigenvalue weighted by Gasteiger charge is -2.23. The average molecular weight is 458 g/mol. The van der Waals surface area contributed by atoms with E-state index in [4.69, 9.17) is 0 Å². The Morgan fingerprint density at radius 3 is 2.52 bits per heavy atom. The van der Waals surface area contributed by atoms with Gasteiger partial charge in [-0.1, -0.05) is 31.0 Å². The summed E-state index contributed by atoms with van der Waals surface area (Å²) in [6.07, 6.45) is 0.262. The second-order valence-corrected chi connectivity index (χ2v) is 8.28. The van der Waals surface area contributed by atoms with Gasteiger partial charge in [-0.2, -0.15) is 4.68 Å². The van der Waals surface area contributed by atoms with Crippen LogP contribution in [0.1, 0.15) is 39.0 Å². The lowest BCUT2D eigenvalue weighted by molar-refractivity contribution is -0.274. The van der Waals surface area contributed by atoms with Crippen molar-refractivity contribution in [3.8, 4) is 11.4 Å². The summed E-state index contributed by atoms with van der Waals surface area (Å²) in [4.78, 5) is 24.4. The average Bonchev–Trinajstić information content (AvgIpc) is 3.16. The molecule has 1 fully saturated rings. The predicted molar refractivity (Wildman–Crippen MR) is 105 cm³/mol. The van der Waals surface area contributed by atoms with Crippen LogP contribution in [0.2, 0.25) is 0 Å². The number of carbonyl (C=O) groups excluding carboxylic acids is 2. The Labute approximate surface area is 180 Å². The molecule has 1 aliphatic rings. The first-order valence-electron chi connectivity index (χ1n) is 9.64. The zero-order valence-corrected chi connectivity index (χ0v) is 17.4. The van der Waals surface area contributed by atoms with E-state index in [1.807, 2.05) is 0 Å². The summed E-state index contributed by atoms with van der Waals surface area (Å²) in [5.41, 5.74) is 0.379. The van der Waals surface area contributed by atoms with Crippen molar-refractivity contribution in [2.24, 2.45) is 0 Å². The fraction of sp³-hybridized carbons (Fsp3) is 0.500. The molecule has 9 nitrogen and oxygen atoms in total. The van der Waals surface area contributed by atoms with E-state index < -0.39 is 23.6 Å². The van der Waals surface area contributed by atoms with Crippen molar-refractivity contribution in [2.75, 3.05) is 0 Å². The number of ether oxygens (including phenoxy) is 1. The van der Waals surface area contributed by atoms with Crippen LogP contribution >= 0.6 is 11.8 Å². The Hall–Kier alpha value is -2.83. The number of benzene rings is 1. The third-order valence-corrected chi connectivity index (χ3v) is 5.62. The molecular formula is C18H21F3N6O3S. The first-order chi connectivity index (χ1) is 14.7. The molecule has 3 amide bonds. The van der Waals surface area contributed by atoms with Crippen LogP contribution < -0.4 is 15.4 Å². The molecule has 1 saturated carbocycles. The number of hydrogen-bond acceptors (Lipinski definition) is 7. The highest BCUT2D eigenvalue weighted by Gasteiger charge is 2.31. The van der Waals surface area contributed by atoms with Gasteiger partial charge in [-0.15, -0.1) is 18.3 Å². The number of alkyl halides is 3. The quantitative estimate of drug-likeness (QED) is 0.640. The number of nitrogens with zero attached hydrogens (tertiary/aromatic N) is 4. The maximum absolute atomic E-state index is 12.4. The third kappa shape index (κ3) is 6.84. The van der Waals surface area contributed by atoms with Crippen LogP contribution in [0.15, 0.2) is 29.4 Å². The second-order valence-electron chi connectivity index (χ2n) is 6.97. The Morgan fingerprint density at radius 1 is 1.19 bits per heavy atom. The van der Waals surface area contributed by atoms with E-state index >= 15 is 0 Å². The van der Waals surface area contributed by atoms with E-state index in [0.29, 0.717) is 5.69 Å². The van der Waals surface area contributed by atoms with Crippen molar-refractivity contribution in [3.63, 3.8) is 0 Å². The van der Waals surface area contributed by atoms with Crippen LogP contribution in [0.4, 0.5) is 18.0 Å². The molecule has 0 spiro atoms. The zero-order chi connectivity index (χ0) is 22.4. The number of carbonyl (C=O) groups is 2. The largest absolute Gasteiger partial charge is 0.573 e. The molecule has 1 aliphatic carbocycles. The highest BCUT2D eigenvalue weighted by atomic mass is 32.2. The summed E-state index contributed by atoms with van der Waals surface area (Å²) in [7, 11) is 0. The van der Waals surface area contributed by atoms with E-state index in [0.717, 1.165) is 56.0 Å². The summed E-state index contributed by atoms with van der Waals surface area (Å²) in [5, 5.41) is 15.9. The highest BCUT2D eigenvalue weighted by molar-refractivity contribution is 8.00. The molecule has 1 aromatic carbocycles. The third-order valence-electron chi connectivity index (χ3n) is 4.58. The van der Waals surface area contributed by atoms with Crippen LogP contribution in [-0.2, 0) is 4.79 Å². The molecule has 0 radical (unpaired) electrons. The second kappa shape index (κ2) is 9.98. The molecule has 0 aliphatic heterocycles. The molecule has 0 saturated heterocycles. The minimum atomic E-state index is -4.79.